The maximum Gasteiger partial charge on any atom is 0.306 e. The van der Waals surface area contributed by atoms with Crippen molar-refractivity contribution in [2.45, 2.75) is 44.8 Å². The highest BCUT2D eigenvalue weighted by atomic mass is 32.2. The Balaban J connectivity index is 1.45. The molecule has 0 radical (unpaired) electrons. The number of aromatic amines is 1. The lowest BCUT2D eigenvalue weighted by atomic mass is 10.2. The molecular formula is C19H23N3O6S. The summed E-state index contributed by atoms with van der Waals surface area (Å²) in [5.41, 5.74) is 0.362. The molecule has 2 atom stereocenters. The van der Waals surface area contributed by atoms with Crippen LogP contribution in [0.25, 0.3) is 10.9 Å². The van der Waals surface area contributed by atoms with E-state index in [1.165, 1.54) is 6.92 Å². The van der Waals surface area contributed by atoms with Crippen LogP contribution in [-0.4, -0.2) is 53.9 Å². The number of rotatable bonds is 7. The summed E-state index contributed by atoms with van der Waals surface area (Å²) in [7, 11) is -3.10. The Morgan fingerprint density at radius 3 is 2.83 bits per heavy atom. The molecule has 1 aromatic heterocycles. The van der Waals surface area contributed by atoms with E-state index in [2.05, 4.69) is 15.3 Å². The second-order valence-corrected chi connectivity index (χ2v) is 9.35. The first kappa shape index (κ1) is 21.0. The number of sulfone groups is 1. The van der Waals surface area contributed by atoms with Gasteiger partial charge in [0.15, 0.2) is 15.9 Å². The zero-order chi connectivity index (χ0) is 21.0. The molecule has 29 heavy (non-hydrogen) atoms. The van der Waals surface area contributed by atoms with E-state index in [1.807, 2.05) is 0 Å². The normalized spacial score (nSPS) is 19.0. The highest BCUT2D eigenvalue weighted by Gasteiger charge is 2.30. The molecule has 9 nitrogen and oxygen atoms in total. The molecule has 10 heteroatoms. The number of aryl methyl sites for hydroxylation is 1. The average Bonchev–Trinajstić information content (AvgIpc) is 3.00. The second-order valence-electron chi connectivity index (χ2n) is 7.12. The summed E-state index contributed by atoms with van der Waals surface area (Å²) in [6.07, 6.45) is 0.201. The van der Waals surface area contributed by atoms with Crippen LogP contribution in [0.2, 0.25) is 0 Å². The van der Waals surface area contributed by atoms with E-state index < -0.39 is 33.9 Å². The molecule has 1 aromatic carbocycles. The number of ether oxygens (including phenoxy) is 1. The molecule has 2 N–H and O–H groups in total. The number of benzene rings is 1. The number of esters is 1. The van der Waals surface area contributed by atoms with Crippen LogP contribution in [0.1, 0.15) is 32.0 Å². The first-order valence-electron chi connectivity index (χ1n) is 9.42. The first-order chi connectivity index (χ1) is 13.7. The molecule has 1 aliphatic rings. The number of amides is 1. The summed E-state index contributed by atoms with van der Waals surface area (Å²) in [4.78, 5) is 43.1. The van der Waals surface area contributed by atoms with E-state index >= 15 is 0 Å². The van der Waals surface area contributed by atoms with Crippen LogP contribution in [0.4, 0.5) is 0 Å². The number of para-hydroxylation sites is 1. The van der Waals surface area contributed by atoms with Gasteiger partial charge in [0.1, 0.15) is 5.82 Å². The van der Waals surface area contributed by atoms with Crippen molar-refractivity contribution in [3.05, 3.63) is 40.4 Å². The summed E-state index contributed by atoms with van der Waals surface area (Å²) in [5, 5.41) is 3.10. The number of carbonyl (C=O) groups is 2. The Labute approximate surface area is 167 Å². The van der Waals surface area contributed by atoms with E-state index in [0.29, 0.717) is 36.0 Å². The van der Waals surface area contributed by atoms with Crippen molar-refractivity contribution >= 4 is 32.6 Å². The van der Waals surface area contributed by atoms with E-state index in [0.717, 1.165) is 0 Å². The predicted octanol–water partition coefficient (Wildman–Crippen LogP) is 0.481. The highest BCUT2D eigenvalue weighted by Crippen LogP contribution is 2.12. The lowest BCUT2D eigenvalue weighted by molar-refractivity contribution is -0.155. The van der Waals surface area contributed by atoms with Gasteiger partial charge in [-0.05, 0) is 31.9 Å². The van der Waals surface area contributed by atoms with Gasteiger partial charge in [0.05, 0.1) is 22.4 Å². The molecule has 1 fully saturated rings. The van der Waals surface area contributed by atoms with Crippen molar-refractivity contribution in [2.75, 3.05) is 11.5 Å². The molecule has 2 heterocycles. The van der Waals surface area contributed by atoms with Gasteiger partial charge in [0, 0.05) is 18.9 Å². The minimum atomic E-state index is -3.10. The van der Waals surface area contributed by atoms with Gasteiger partial charge in [-0.3, -0.25) is 14.4 Å². The number of nitrogens with one attached hydrogen (secondary N) is 2. The number of nitrogens with zero attached hydrogens (tertiary/aromatic N) is 1. The van der Waals surface area contributed by atoms with Crippen LogP contribution in [0.3, 0.4) is 0 Å². The van der Waals surface area contributed by atoms with Gasteiger partial charge in [0.2, 0.25) is 0 Å². The van der Waals surface area contributed by atoms with Crippen LogP contribution in [0.15, 0.2) is 29.1 Å². The van der Waals surface area contributed by atoms with Crippen LogP contribution >= 0.6 is 0 Å². The SMILES string of the molecule is C[C@@H](OC(=O)CCCc1nc2ccccc2c(=O)[nH]1)C(=O)N[C@@H]1CCS(=O)(=O)C1. The van der Waals surface area contributed by atoms with Crippen LogP contribution in [0.5, 0.6) is 0 Å². The Hall–Kier alpha value is -2.75. The number of carbonyl (C=O) groups excluding carboxylic acids is 2. The summed E-state index contributed by atoms with van der Waals surface area (Å²) in [6.45, 7) is 1.44. The summed E-state index contributed by atoms with van der Waals surface area (Å²) < 4.78 is 28.0. The van der Waals surface area contributed by atoms with Crippen molar-refractivity contribution < 1.29 is 22.7 Å². The number of H-pyrrole nitrogens is 1. The third-order valence-electron chi connectivity index (χ3n) is 4.71. The maximum atomic E-state index is 12.1. The summed E-state index contributed by atoms with van der Waals surface area (Å²) >= 11 is 0. The van der Waals surface area contributed by atoms with E-state index in [4.69, 9.17) is 4.74 Å². The number of hydrogen-bond acceptors (Lipinski definition) is 7. The summed E-state index contributed by atoms with van der Waals surface area (Å²) in [5.74, 6) is -0.613. The topological polar surface area (TPSA) is 135 Å². The van der Waals surface area contributed by atoms with Gasteiger partial charge in [-0.2, -0.15) is 0 Å². The van der Waals surface area contributed by atoms with E-state index in [1.54, 1.807) is 24.3 Å². The lowest BCUT2D eigenvalue weighted by Gasteiger charge is -2.16. The molecule has 2 aromatic rings. The van der Waals surface area contributed by atoms with Gasteiger partial charge in [-0.25, -0.2) is 13.4 Å². The first-order valence-corrected chi connectivity index (χ1v) is 11.2. The third-order valence-corrected chi connectivity index (χ3v) is 6.48. The molecule has 1 aliphatic heterocycles. The molecule has 0 spiro atoms. The largest absolute Gasteiger partial charge is 0.453 e. The van der Waals surface area contributed by atoms with Gasteiger partial charge in [0.25, 0.3) is 11.5 Å². The quantitative estimate of drug-likeness (QED) is 0.621. The Kier molecular flexibility index (Phi) is 6.31. The molecular weight excluding hydrogens is 398 g/mol. The van der Waals surface area contributed by atoms with Gasteiger partial charge < -0.3 is 15.0 Å². The average molecular weight is 421 g/mol. The number of aromatic nitrogens is 2. The number of hydrogen-bond donors (Lipinski definition) is 2. The Bertz CT molecular complexity index is 1080. The van der Waals surface area contributed by atoms with Gasteiger partial charge in [-0.15, -0.1) is 0 Å². The fourth-order valence-corrected chi connectivity index (χ4v) is 4.86. The van der Waals surface area contributed by atoms with E-state index in [9.17, 15) is 22.8 Å². The molecule has 1 amide bonds. The fraction of sp³-hybridized carbons (Fsp3) is 0.474. The van der Waals surface area contributed by atoms with Crippen LogP contribution in [-0.2, 0) is 30.6 Å². The smallest absolute Gasteiger partial charge is 0.306 e. The van der Waals surface area contributed by atoms with Crippen LogP contribution in [0, 0.1) is 0 Å². The van der Waals surface area contributed by atoms with Crippen molar-refractivity contribution in [2.24, 2.45) is 0 Å². The summed E-state index contributed by atoms with van der Waals surface area (Å²) in [6, 6.07) is 6.55. The second kappa shape index (κ2) is 8.73. The van der Waals surface area contributed by atoms with Gasteiger partial charge >= 0.3 is 5.97 Å². The third kappa shape index (κ3) is 5.63. The molecule has 1 saturated heterocycles. The Morgan fingerprint density at radius 1 is 1.34 bits per heavy atom. The van der Waals surface area contributed by atoms with Crippen molar-refractivity contribution in [3.8, 4) is 0 Å². The highest BCUT2D eigenvalue weighted by molar-refractivity contribution is 7.91. The molecule has 3 rings (SSSR count). The lowest BCUT2D eigenvalue weighted by Crippen LogP contribution is -2.42. The van der Waals surface area contributed by atoms with Crippen molar-refractivity contribution in [1.29, 1.82) is 0 Å². The monoisotopic (exact) mass is 421 g/mol. The molecule has 156 valence electrons. The minimum Gasteiger partial charge on any atom is -0.453 e. The van der Waals surface area contributed by atoms with E-state index in [-0.39, 0.29) is 23.5 Å². The van der Waals surface area contributed by atoms with Crippen molar-refractivity contribution in [1.82, 2.24) is 15.3 Å². The number of fused-ring (bicyclic) bond motifs is 1. The standard InChI is InChI=1S/C19H23N3O6S/c1-12(18(24)20-13-9-10-29(26,27)11-13)28-17(23)8-4-7-16-21-15-6-3-2-5-14(15)19(25)22-16/h2-3,5-6,12-13H,4,7-11H2,1H3,(H,20,24)(H,21,22,25)/t12-,13-/m1/s1. The molecule has 0 bridgehead atoms. The fourth-order valence-electron chi connectivity index (χ4n) is 3.19. The maximum absolute atomic E-state index is 12.1. The molecule has 0 aliphatic carbocycles. The van der Waals surface area contributed by atoms with Crippen molar-refractivity contribution in [3.63, 3.8) is 0 Å². The minimum absolute atomic E-state index is 0.0526. The zero-order valence-corrected chi connectivity index (χ0v) is 16.8. The zero-order valence-electron chi connectivity index (χ0n) is 16.0. The Morgan fingerprint density at radius 2 is 2.10 bits per heavy atom. The van der Waals surface area contributed by atoms with Gasteiger partial charge in [-0.1, -0.05) is 12.1 Å². The predicted molar refractivity (Wildman–Crippen MR) is 106 cm³/mol. The molecule has 0 saturated carbocycles. The molecule has 0 unspecified atom stereocenters. The van der Waals surface area contributed by atoms with Crippen LogP contribution < -0.4 is 10.9 Å².